The smallest absolute Gasteiger partial charge is 0.356 e. The lowest BCUT2D eigenvalue weighted by Gasteiger charge is -2.20. The van der Waals surface area contributed by atoms with Crippen molar-refractivity contribution in [3.63, 3.8) is 0 Å². The Morgan fingerprint density at radius 3 is 2.32 bits per heavy atom. The highest BCUT2D eigenvalue weighted by atomic mass is 19.4. The molecule has 0 radical (unpaired) electrons. The van der Waals surface area contributed by atoms with Gasteiger partial charge in [-0.05, 0) is 45.7 Å². The maximum atomic E-state index is 12.2. The van der Waals surface area contributed by atoms with E-state index in [1.54, 1.807) is 7.05 Å². The van der Waals surface area contributed by atoms with Crippen molar-refractivity contribution in [2.24, 2.45) is 10.9 Å². The number of rotatable bonds is 9. The molecule has 0 heterocycles. The lowest BCUT2D eigenvalue weighted by Crippen LogP contribution is -2.43. The van der Waals surface area contributed by atoms with Crippen LogP contribution in [-0.2, 0) is 0 Å². The average Bonchev–Trinajstić information content (AvgIpc) is 2.37. The molecule has 0 aliphatic carbocycles. The van der Waals surface area contributed by atoms with Crippen LogP contribution in [0.2, 0.25) is 0 Å². The van der Waals surface area contributed by atoms with E-state index >= 15 is 0 Å². The summed E-state index contributed by atoms with van der Waals surface area (Å²) in [6.45, 7) is 6.61. The molecule has 0 aromatic heterocycles. The minimum Gasteiger partial charge on any atom is -0.356 e. The van der Waals surface area contributed by atoms with Crippen molar-refractivity contribution >= 4 is 5.96 Å². The number of hydrogen-bond acceptors (Lipinski definition) is 2. The minimum atomic E-state index is -4.13. The summed E-state index contributed by atoms with van der Waals surface area (Å²) in [7, 11) is 3.18. The maximum absolute atomic E-state index is 12.2. The largest absolute Gasteiger partial charge is 0.401 e. The van der Waals surface area contributed by atoms with E-state index in [4.69, 9.17) is 0 Å². The van der Waals surface area contributed by atoms with Crippen molar-refractivity contribution in [2.75, 3.05) is 33.7 Å². The Morgan fingerprint density at radius 2 is 1.82 bits per heavy atom. The fourth-order valence-electron chi connectivity index (χ4n) is 2.02. The summed E-state index contributed by atoms with van der Waals surface area (Å²) in [6.07, 6.45) is -1.29. The van der Waals surface area contributed by atoms with Crippen molar-refractivity contribution in [2.45, 2.75) is 52.3 Å². The highest BCUT2D eigenvalue weighted by Crippen LogP contribution is 2.15. The number of aliphatic imine (C=N–C) groups is 1. The summed E-state index contributed by atoms with van der Waals surface area (Å²) in [4.78, 5) is 5.41. The fraction of sp³-hybridized carbons (Fsp3) is 0.933. The van der Waals surface area contributed by atoms with Crippen LogP contribution in [0, 0.1) is 5.92 Å². The third-order valence-electron chi connectivity index (χ3n) is 3.24. The van der Waals surface area contributed by atoms with E-state index in [9.17, 15) is 13.2 Å². The van der Waals surface area contributed by atoms with Crippen LogP contribution in [0.15, 0.2) is 4.99 Å². The summed E-state index contributed by atoms with van der Waals surface area (Å²) in [5.41, 5.74) is 0. The van der Waals surface area contributed by atoms with Gasteiger partial charge in [-0.15, -0.1) is 0 Å². The van der Waals surface area contributed by atoms with Gasteiger partial charge in [0.05, 0.1) is 6.54 Å². The first-order valence-electron chi connectivity index (χ1n) is 7.86. The highest BCUT2D eigenvalue weighted by molar-refractivity contribution is 5.79. The molecule has 0 aliphatic rings. The Kier molecular flexibility index (Phi) is 10.2. The molecule has 0 spiro atoms. The first-order valence-corrected chi connectivity index (χ1v) is 7.86. The number of nitrogens with one attached hydrogen (secondary N) is 2. The first kappa shape index (κ1) is 21.0. The number of halogens is 3. The Balaban J connectivity index is 3.87. The van der Waals surface area contributed by atoms with E-state index in [0.29, 0.717) is 37.4 Å². The third kappa shape index (κ3) is 12.7. The lowest BCUT2D eigenvalue weighted by molar-refractivity contribution is -0.143. The van der Waals surface area contributed by atoms with Crippen LogP contribution >= 0.6 is 0 Å². The van der Waals surface area contributed by atoms with Crippen LogP contribution in [0.5, 0.6) is 0 Å². The predicted octanol–water partition coefficient (Wildman–Crippen LogP) is 2.86. The average molecular weight is 324 g/mol. The van der Waals surface area contributed by atoms with E-state index < -0.39 is 12.7 Å². The van der Waals surface area contributed by atoms with Crippen LogP contribution in [0.1, 0.15) is 40.0 Å². The zero-order valence-electron chi connectivity index (χ0n) is 14.4. The predicted molar refractivity (Wildman–Crippen MR) is 86.2 cm³/mol. The second-order valence-electron chi connectivity index (χ2n) is 6.22. The van der Waals surface area contributed by atoms with Gasteiger partial charge in [0.1, 0.15) is 0 Å². The molecule has 0 aromatic carbocycles. The van der Waals surface area contributed by atoms with Gasteiger partial charge in [0.15, 0.2) is 5.96 Å². The second kappa shape index (κ2) is 10.7. The normalized spacial score (nSPS) is 14.5. The SMILES string of the molecule is CN=C(NCCCN(C)CC(F)(F)F)NC(C)CCC(C)C. The van der Waals surface area contributed by atoms with Crippen molar-refractivity contribution in [3.8, 4) is 0 Å². The number of alkyl halides is 3. The van der Waals surface area contributed by atoms with Crippen LogP contribution in [0.25, 0.3) is 0 Å². The van der Waals surface area contributed by atoms with Gasteiger partial charge in [-0.2, -0.15) is 13.2 Å². The van der Waals surface area contributed by atoms with Crippen molar-refractivity contribution in [1.82, 2.24) is 15.5 Å². The van der Waals surface area contributed by atoms with Crippen LogP contribution in [-0.4, -0.2) is 56.8 Å². The lowest BCUT2D eigenvalue weighted by atomic mass is 10.0. The molecule has 0 saturated heterocycles. The van der Waals surface area contributed by atoms with Gasteiger partial charge in [-0.25, -0.2) is 0 Å². The Labute approximate surface area is 132 Å². The Morgan fingerprint density at radius 1 is 1.18 bits per heavy atom. The summed E-state index contributed by atoms with van der Waals surface area (Å²) in [5.74, 6) is 1.37. The van der Waals surface area contributed by atoms with E-state index in [2.05, 4.69) is 36.4 Å². The molecule has 2 N–H and O–H groups in total. The molecule has 0 fully saturated rings. The Bertz CT molecular complexity index is 316. The summed E-state index contributed by atoms with van der Waals surface area (Å²) < 4.78 is 36.6. The molecule has 0 amide bonds. The quantitative estimate of drug-likeness (QED) is 0.389. The summed E-state index contributed by atoms with van der Waals surface area (Å²) >= 11 is 0. The monoisotopic (exact) mass is 324 g/mol. The van der Waals surface area contributed by atoms with Crippen molar-refractivity contribution in [1.29, 1.82) is 0 Å². The standard InChI is InChI=1S/C15H31F3N4/c1-12(2)7-8-13(3)21-14(19-4)20-9-6-10-22(5)11-15(16,17)18/h12-13H,6-11H2,1-5H3,(H2,19,20,21). The molecule has 7 heteroatoms. The van der Waals surface area contributed by atoms with Gasteiger partial charge >= 0.3 is 6.18 Å². The molecule has 0 saturated carbocycles. The summed E-state index contributed by atoms with van der Waals surface area (Å²) in [5, 5.41) is 6.43. The topological polar surface area (TPSA) is 39.7 Å². The minimum absolute atomic E-state index is 0.321. The van der Waals surface area contributed by atoms with E-state index in [0.717, 1.165) is 12.8 Å². The highest BCUT2D eigenvalue weighted by Gasteiger charge is 2.28. The van der Waals surface area contributed by atoms with Gasteiger partial charge in [-0.3, -0.25) is 9.89 Å². The maximum Gasteiger partial charge on any atom is 0.401 e. The fourth-order valence-corrected chi connectivity index (χ4v) is 2.02. The first-order chi connectivity index (χ1) is 10.1. The number of guanidine groups is 1. The molecule has 22 heavy (non-hydrogen) atoms. The molecule has 4 nitrogen and oxygen atoms in total. The van der Waals surface area contributed by atoms with Gasteiger partial charge in [0.2, 0.25) is 0 Å². The van der Waals surface area contributed by atoms with E-state index in [1.807, 2.05) is 0 Å². The van der Waals surface area contributed by atoms with Crippen LogP contribution in [0.3, 0.4) is 0 Å². The van der Waals surface area contributed by atoms with Crippen molar-refractivity contribution < 1.29 is 13.2 Å². The Hall–Kier alpha value is -0.980. The van der Waals surface area contributed by atoms with E-state index in [-0.39, 0.29) is 0 Å². The molecule has 1 unspecified atom stereocenters. The van der Waals surface area contributed by atoms with Gasteiger partial charge in [0, 0.05) is 19.6 Å². The third-order valence-corrected chi connectivity index (χ3v) is 3.24. The van der Waals surface area contributed by atoms with E-state index in [1.165, 1.54) is 11.9 Å². The van der Waals surface area contributed by atoms with Gasteiger partial charge < -0.3 is 10.6 Å². The molecule has 0 aromatic rings. The van der Waals surface area contributed by atoms with Crippen molar-refractivity contribution in [3.05, 3.63) is 0 Å². The summed E-state index contributed by atoms with van der Waals surface area (Å²) in [6, 6.07) is 0.321. The molecular weight excluding hydrogens is 293 g/mol. The number of nitrogens with zero attached hydrogens (tertiary/aromatic N) is 2. The van der Waals surface area contributed by atoms with Gasteiger partial charge in [0.25, 0.3) is 0 Å². The second-order valence-corrected chi connectivity index (χ2v) is 6.22. The molecular formula is C15H31F3N4. The molecule has 0 rings (SSSR count). The zero-order chi connectivity index (χ0) is 17.2. The zero-order valence-corrected chi connectivity index (χ0v) is 14.4. The molecule has 1 atom stereocenters. The molecule has 0 aliphatic heterocycles. The molecule has 0 bridgehead atoms. The van der Waals surface area contributed by atoms with Crippen LogP contribution < -0.4 is 10.6 Å². The van der Waals surface area contributed by atoms with Gasteiger partial charge in [-0.1, -0.05) is 13.8 Å². The van der Waals surface area contributed by atoms with Crippen LogP contribution in [0.4, 0.5) is 13.2 Å². The number of hydrogen-bond donors (Lipinski definition) is 2. The molecule has 132 valence electrons.